The zero-order valence-corrected chi connectivity index (χ0v) is 16.6. The molecule has 0 aliphatic carbocycles. The minimum Gasteiger partial charge on any atom is -0.368 e. The molecule has 26 heavy (non-hydrogen) atoms. The van der Waals surface area contributed by atoms with Crippen molar-refractivity contribution in [3.63, 3.8) is 0 Å². The Morgan fingerprint density at radius 2 is 1.62 bits per heavy atom. The number of carbonyl (C=O) groups excluding carboxylic acids is 1. The van der Waals surface area contributed by atoms with Crippen molar-refractivity contribution in [1.82, 2.24) is 9.80 Å². The molecular formula is C21H34N4O. The Labute approximate surface area is 158 Å². The van der Waals surface area contributed by atoms with E-state index in [0.717, 1.165) is 52.1 Å². The second-order valence-corrected chi connectivity index (χ2v) is 8.46. The van der Waals surface area contributed by atoms with E-state index in [1.54, 1.807) is 0 Å². The second kappa shape index (κ2) is 7.97. The number of piperazine rings is 1. The number of anilines is 1. The Hall–Kier alpha value is -1.59. The van der Waals surface area contributed by atoms with Crippen LogP contribution in [0, 0.1) is 0 Å². The molecule has 2 fully saturated rings. The number of amides is 1. The van der Waals surface area contributed by atoms with Crippen molar-refractivity contribution >= 4 is 11.6 Å². The van der Waals surface area contributed by atoms with E-state index in [1.807, 2.05) is 4.90 Å². The number of hydrogen-bond acceptors (Lipinski definition) is 4. The number of likely N-dealkylation sites (tertiary alicyclic amines) is 1. The van der Waals surface area contributed by atoms with E-state index in [4.69, 9.17) is 5.73 Å². The predicted octanol–water partition coefficient (Wildman–Crippen LogP) is 2.27. The average Bonchev–Trinajstić information content (AvgIpc) is 2.64. The molecule has 0 unspecified atom stereocenters. The predicted molar refractivity (Wildman–Crippen MR) is 108 cm³/mol. The van der Waals surface area contributed by atoms with Crippen LogP contribution in [-0.2, 0) is 4.79 Å². The summed E-state index contributed by atoms with van der Waals surface area (Å²) in [5, 5.41) is 0. The summed E-state index contributed by atoms with van der Waals surface area (Å²) < 4.78 is 0. The molecule has 0 saturated carbocycles. The van der Waals surface area contributed by atoms with Gasteiger partial charge in [-0.1, -0.05) is 26.0 Å². The Balaban J connectivity index is 1.50. The van der Waals surface area contributed by atoms with Gasteiger partial charge in [0.15, 0.2) is 0 Å². The Morgan fingerprint density at radius 1 is 1.04 bits per heavy atom. The van der Waals surface area contributed by atoms with Crippen molar-refractivity contribution in [2.45, 2.75) is 44.6 Å². The first-order valence-electron chi connectivity index (χ1n) is 9.96. The molecule has 3 rings (SSSR count). The van der Waals surface area contributed by atoms with Gasteiger partial charge in [-0.05, 0) is 56.6 Å². The van der Waals surface area contributed by atoms with Crippen molar-refractivity contribution in [3.05, 3.63) is 29.8 Å². The molecular weight excluding hydrogens is 324 g/mol. The summed E-state index contributed by atoms with van der Waals surface area (Å²) in [5.41, 5.74) is 8.82. The van der Waals surface area contributed by atoms with Crippen LogP contribution in [-0.4, -0.2) is 67.6 Å². The van der Waals surface area contributed by atoms with Crippen LogP contribution in [0.4, 0.5) is 5.69 Å². The van der Waals surface area contributed by atoms with Gasteiger partial charge in [-0.25, -0.2) is 0 Å². The molecule has 1 aromatic carbocycles. The summed E-state index contributed by atoms with van der Waals surface area (Å²) in [6, 6.07) is 8.85. The highest BCUT2D eigenvalue weighted by Crippen LogP contribution is 2.25. The molecule has 5 heteroatoms. The molecule has 0 atom stereocenters. The van der Waals surface area contributed by atoms with Gasteiger partial charge in [0.25, 0.3) is 0 Å². The summed E-state index contributed by atoms with van der Waals surface area (Å²) in [7, 11) is 2.12. The van der Waals surface area contributed by atoms with E-state index < -0.39 is 0 Å². The fourth-order valence-corrected chi connectivity index (χ4v) is 3.94. The Kier molecular flexibility index (Phi) is 5.88. The van der Waals surface area contributed by atoms with Crippen molar-refractivity contribution < 1.29 is 4.79 Å². The maximum absolute atomic E-state index is 12.7. The number of carbonyl (C=O) groups is 1. The number of piperidine rings is 1. The third kappa shape index (κ3) is 4.57. The molecule has 1 amide bonds. The minimum absolute atomic E-state index is 0.229. The van der Waals surface area contributed by atoms with Crippen LogP contribution in [0.25, 0.3) is 0 Å². The fourth-order valence-electron chi connectivity index (χ4n) is 3.94. The second-order valence-electron chi connectivity index (χ2n) is 8.46. The van der Waals surface area contributed by atoms with E-state index in [-0.39, 0.29) is 11.4 Å². The zero-order chi connectivity index (χ0) is 18.7. The Morgan fingerprint density at radius 3 is 2.15 bits per heavy atom. The van der Waals surface area contributed by atoms with Crippen LogP contribution < -0.4 is 10.6 Å². The molecule has 2 N–H and O–H groups in total. The SMILES string of the molecule is CC(C)c1ccc(N2CCN(C(=O)CC3(N)CCN(C)CC3)CC2)cc1. The fraction of sp³-hybridized carbons (Fsp3) is 0.667. The van der Waals surface area contributed by atoms with Crippen LogP contribution in [0.3, 0.4) is 0 Å². The third-order valence-electron chi connectivity index (χ3n) is 6.04. The lowest BCUT2D eigenvalue weighted by molar-refractivity contribution is -0.133. The lowest BCUT2D eigenvalue weighted by atomic mass is 9.85. The van der Waals surface area contributed by atoms with Gasteiger partial charge in [-0.3, -0.25) is 4.79 Å². The monoisotopic (exact) mass is 358 g/mol. The first-order valence-corrected chi connectivity index (χ1v) is 9.96. The van der Waals surface area contributed by atoms with E-state index >= 15 is 0 Å². The number of benzene rings is 1. The molecule has 1 aromatic rings. The van der Waals surface area contributed by atoms with Crippen molar-refractivity contribution in [1.29, 1.82) is 0 Å². The largest absolute Gasteiger partial charge is 0.368 e. The third-order valence-corrected chi connectivity index (χ3v) is 6.04. The van der Waals surface area contributed by atoms with Gasteiger partial charge in [0.2, 0.25) is 5.91 Å². The summed E-state index contributed by atoms with van der Waals surface area (Å²) in [6.07, 6.45) is 2.32. The lowest BCUT2D eigenvalue weighted by Gasteiger charge is -2.40. The number of rotatable bonds is 4. The molecule has 2 heterocycles. The van der Waals surface area contributed by atoms with E-state index in [0.29, 0.717) is 12.3 Å². The van der Waals surface area contributed by atoms with Crippen LogP contribution in [0.5, 0.6) is 0 Å². The van der Waals surface area contributed by atoms with Crippen LogP contribution in [0.15, 0.2) is 24.3 Å². The smallest absolute Gasteiger partial charge is 0.224 e. The van der Waals surface area contributed by atoms with Gasteiger partial charge in [0.1, 0.15) is 0 Å². The van der Waals surface area contributed by atoms with Gasteiger partial charge < -0.3 is 20.4 Å². The molecule has 5 nitrogen and oxygen atoms in total. The summed E-state index contributed by atoms with van der Waals surface area (Å²) in [5.74, 6) is 0.786. The highest BCUT2D eigenvalue weighted by atomic mass is 16.2. The van der Waals surface area contributed by atoms with E-state index in [9.17, 15) is 4.79 Å². The summed E-state index contributed by atoms with van der Waals surface area (Å²) >= 11 is 0. The van der Waals surface area contributed by atoms with Crippen molar-refractivity contribution in [2.24, 2.45) is 5.73 Å². The number of nitrogens with zero attached hydrogens (tertiary/aromatic N) is 3. The first kappa shape index (κ1) is 19.2. The van der Waals surface area contributed by atoms with E-state index in [1.165, 1.54) is 11.3 Å². The lowest BCUT2D eigenvalue weighted by Crippen LogP contribution is -2.55. The maximum Gasteiger partial charge on any atom is 0.224 e. The molecule has 2 saturated heterocycles. The molecule has 0 spiro atoms. The summed E-state index contributed by atoms with van der Waals surface area (Å²) in [4.78, 5) is 19.4. The van der Waals surface area contributed by atoms with Gasteiger partial charge in [-0.15, -0.1) is 0 Å². The topological polar surface area (TPSA) is 52.8 Å². The summed E-state index contributed by atoms with van der Waals surface area (Å²) in [6.45, 7) is 9.79. The van der Waals surface area contributed by atoms with Crippen LogP contribution in [0.1, 0.15) is 44.6 Å². The molecule has 0 aromatic heterocycles. The van der Waals surface area contributed by atoms with Gasteiger partial charge in [0, 0.05) is 43.8 Å². The number of hydrogen-bond donors (Lipinski definition) is 1. The molecule has 0 radical (unpaired) electrons. The Bertz CT molecular complexity index is 597. The number of nitrogens with two attached hydrogens (primary N) is 1. The minimum atomic E-state index is -0.312. The quantitative estimate of drug-likeness (QED) is 0.897. The first-order chi connectivity index (χ1) is 12.4. The molecule has 2 aliphatic rings. The van der Waals surface area contributed by atoms with Gasteiger partial charge in [-0.2, -0.15) is 0 Å². The molecule has 144 valence electrons. The van der Waals surface area contributed by atoms with Crippen LogP contribution >= 0.6 is 0 Å². The highest BCUT2D eigenvalue weighted by molar-refractivity contribution is 5.78. The standard InChI is InChI=1S/C21H34N4O/c1-17(2)18-4-6-19(7-5-18)24-12-14-25(15-13-24)20(26)16-21(22)8-10-23(3)11-9-21/h4-7,17H,8-16,22H2,1-3H3. The van der Waals surface area contributed by atoms with Gasteiger partial charge in [0.05, 0.1) is 0 Å². The van der Waals surface area contributed by atoms with E-state index in [2.05, 4.69) is 55.0 Å². The molecule has 2 aliphatic heterocycles. The maximum atomic E-state index is 12.7. The van der Waals surface area contributed by atoms with Crippen LogP contribution in [0.2, 0.25) is 0 Å². The zero-order valence-electron chi connectivity index (χ0n) is 16.6. The normalized spacial score (nSPS) is 21.3. The van der Waals surface area contributed by atoms with Crippen molar-refractivity contribution in [2.75, 3.05) is 51.2 Å². The highest BCUT2D eigenvalue weighted by Gasteiger charge is 2.34. The average molecular weight is 359 g/mol. The van der Waals surface area contributed by atoms with Crippen molar-refractivity contribution in [3.8, 4) is 0 Å². The molecule has 0 bridgehead atoms. The van der Waals surface area contributed by atoms with Gasteiger partial charge >= 0.3 is 0 Å².